The van der Waals surface area contributed by atoms with Crippen LogP contribution in [0.4, 0.5) is 8.78 Å². The van der Waals surface area contributed by atoms with E-state index in [0.29, 0.717) is 18.5 Å². The minimum Gasteiger partial charge on any atom is -0.391 e. The second-order valence-corrected chi connectivity index (χ2v) is 3.45. The lowest BCUT2D eigenvalue weighted by Crippen LogP contribution is -2.22. The molecule has 2 nitrogen and oxygen atoms in total. The molecule has 1 fully saturated rings. The zero-order chi connectivity index (χ0) is 10.1. The minimum absolute atomic E-state index is 0.330. The van der Waals surface area contributed by atoms with Crippen LogP contribution in [0.1, 0.15) is 18.0 Å². The summed E-state index contributed by atoms with van der Waals surface area (Å²) in [6.07, 6.45) is 0.0107. The number of aliphatic hydroxyl groups excluding tert-OH is 1. The summed E-state index contributed by atoms with van der Waals surface area (Å²) in [5.41, 5.74) is 0.330. The standard InChI is InChI=1S/C10H11F2NO/c11-6-1-2-7(8(12)5-6)10-9(14)3-4-13-10/h1-2,5,9-10,13-14H,3-4H2. The molecule has 0 saturated carbocycles. The van der Waals surface area contributed by atoms with Crippen molar-refractivity contribution in [2.45, 2.75) is 18.6 Å². The van der Waals surface area contributed by atoms with E-state index in [1.165, 1.54) is 12.1 Å². The minimum atomic E-state index is -0.608. The molecule has 2 N–H and O–H groups in total. The van der Waals surface area contributed by atoms with Gasteiger partial charge in [0, 0.05) is 11.6 Å². The predicted molar refractivity (Wildman–Crippen MR) is 47.7 cm³/mol. The summed E-state index contributed by atoms with van der Waals surface area (Å²) in [6, 6.07) is 3.00. The second kappa shape index (κ2) is 3.63. The van der Waals surface area contributed by atoms with E-state index >= 15 is 0 Å². The van der Waals surface area contributed by atoms with Crippen molar-refractivity contribution < 1.29 is 13.9 Å². The average Bonchev–Trinajstić information content (AvgIpc) is 2.52. The highest BCUT2D eigenvalue weighted by atomic mass is 19.1. The summed E-state index contributed by atoms with van der Waals surface area (Å²) in [6.45, 7) is 0.655. The van der Waals surface area contributed by atoms with Crippen molar-refractivity contribution in [3.05, 3.63) is 35.4 Å². The van der Waals surface area contributed by atoms with Crippen molar-refractivity contribution in [2.24, 2.45) is 0 Å². The first-order chi connectivity index (χ1) is 6.68. The van der Waals surface area contributed by atoms with Gasteiger partial charge in [-0.25, -0.2) is 8.78 Å². The van der Waals surface area contributed by atoms with Gasteiger partial charge in [0.1, 0.15) is 11.6 Å². The molecule has 76 valence electrons. The number of halogens is 2. The van der Waals surface area contributed by atoms with Crippen LogP contribution in [0.2, 0.25) is 0 Å². The Hall–Kier alpha value is -1.00. The normalized spacial score (nSPS) is 26.8. The molecule has 4 heteroatoms. The van der Waals surface area contributed by atoms with Crippen molar-refractivity contribution in [3.63, 3.8) is 0 Å². The van der Waals surface area contributed by atoms with Crippen molar-refractivity contribution in [1.82, 2.24) is 5.32 Å². The molecule has 2 unspecified atom stereocenters. The second-order valence-electron chi connectivity index (χ2n) is 3.45. The van der Waals surface area contributed by atoms with Gasteiger partial charge >= 0.3 is 0 Å². The van der Waals surface area contributed by atoms with Gasteiger partial charge in [-0.15, -0.1) is 0 Å². The molecule has 0 aromatic heterocycles. The van der Waals surface area contributed by atoms with Gasteiger partial charge in [0.2, 0.25) is 0 Å². The molecule has 1 aliphatic rings. The Kier molecular flexibility index (Phi) is 2.48. The Morgan fingerprint density at radius 2 is 2.14 bits per heavy atom. The zero-order valence-electron chi connectivity index (χ0n) is 7.50. The average molecular weight is 199 g/mol. The SMILES string of the molecule is OC1CCNC1c1ccc(F)cc1F. The highest BCUT2D eigenvalue weighted by Gasteiger charge is 2.28. The van der Waals surface area contributed by atoms with Gasteiger partial charge in [-0.3, -0.25) is 0 Å². The van der Waals surface area contributed by atoms with Gasteiger partial charge in [-0.2, -0.15) is 0 Å². The van der Waals surface area contributed by atoms with Gasteiger partial charge in [0.25, 0.3) is 0 Å². The zero-order valence-corrected chi connectivity index (χ0v) is 7.50. The van der Waals surface area contributed by atoms with E-state index in [-0.39, 0.29) is 0 Å². The molecule has 1 aromatic carbocycles. The fourth-order valence-electron chi connectivity index (χ4n) is 1.76. The maximum Gasteiger partial charge on any atom is 0.130 e. The van der Waals surface area contributed by atoms with Crippen LogP contribution in [0.3, 0.4) is 0 Å². The number of aliphatic hydroxyl groups is 1. The van der Waals surface area contributed by atoms with E-state index in [2.05, 4.69) is 5.32 Å². The topological polar surface area (TPSA) is 32.3 Å². The summed E-state index contributed by atoms with van der Waals surface area (Å²) in [5, 5.41) is 12.5. The van der Waals surface area contributed by atoms with Crippen LogP contribution in [-0.4, -0.2) is 17.8 Å². The van der Waals surface area contributed by atoms with Gasteiger partial charge in [-0.1, -0.05) is 6.07 Å². The van der Waals surface area contributed by atoms with Crippen LogP contribution in [0, 0.1) is 11.6 Å². The first-order valence-electron chi connectivity index (χ1n) is 4.55. The first kappa shape index (κ1) is 9.55. The fraction of sp³-hybridized carbons (Fsp3) is 0.400. The molecular formula is C10H11F2NO. The summed E-state index contributed by atoms with van der Waals surface area (Å²) in [7, 11) is 0. The molecule has 0 spiro atoms. The molecule has 14 heavy (non-hydrogen) atoms. The van der Waals surface area contributed by atoms with Gasteiger partial charge in [-0.05, 0) is 19.0 Å². The molecular weight excluding hydrogens is 188 g/mol. The fourth-order valence-corrected chi connectivity index (χ4v) is 1.76. The molecule has 0 radical (unpaired) electrons. The highest BCUT2D eigenvalue weighted by Crippen LogP contribution is 2.26. The number of nitrogens with one attached hydrogen (secondary N) is 1. The van der Waals surface area contributed by atoms with Crippen molar-refractivity contribution in [2.75, 3.05) is 6.54 Å². The summed E-state index contributed by atoms with van der Waals surface area (Å²) in [4.78, 5) is 0. The molecule has 0 bridgehead atoms. The van der Waals surface area contributed by atoms with E-state index in [1.54, 1.807) is 0 Å². The van der Waals surface area contributed by atoms with Crippen molar-refractivity contribution >= 4 is 0 Å². The molecule has 0 amide bonds. The van der Waals surface area contributed by atoms with Crippen LogP contribution < -0.4 is 5.32 Å². The van der Waals surface area contributed by atoms with E-state index in [4.69, 9.17) is 0 Å². The number of hydrogen-bond acceptors (Lipinski definition) is 2. The molecule has 1 heterocycles. The number of hydrogen-bond donors (Lipinski definition) is 2. The smallest absolute Gasteiger partial charge is 0.130 e. The van der Waals surface area contributed by atoms with Crippen LogP contribution in [0.25, 0.3) is 0 Å². The maximum absolute atomic E-state index is 13.3. The Labute approximate surface area is 80.6 Å². The molecule has 1 aromatic rings. The van der Waals surface area contributed by atoms with Crippen molar-refractivity contribution in [1.29, 1.82) is 0 Å². The van der Waals surface area contributed by atoms with Crippen LogP contribution in [0.5, 0.6) is 0 Å². The van der Waals surface area contributed by atoms with Gasteiger partial charge in [0.05, 0.1) is 12.1 Å². The Bertz CT molecular complexity index is 343. The number of rotatable bonds is 1. The van der Waals surface area contributed by atoms with Crippen molar-refractivity contribution in [3.8, 4) is 0 Å². The summed E-state index contributed by atoms with van der Waals surface area (Å²) < 4.78 is 25.9. The Morgan fingerprint density at radius 1 is 1.36 bits per heavy atom. The van der Waals surface area contributed by atoms with E-state index in [9.17, 15) is 13.9 Å². The monoisotopic (exact) mass is 199 g/mol. The third-order valence-electron chi connectivity index (χ3n) is 2.49. The largest absolute Gasteiger partial charge is 0.391 e. The predicted octanol–water partition coefficient (Wildman–Crippen LogP) is 1.36. The lowest BCUT2D eigenvalue weighted by Gasteiger charge is -2.15. The Morgan fingerprint density at radius 3 is 2.71 bits per heavy atom. The van der Waals surface area contributed by atoms with Gasteiger partial charge in [0.15, 0.2) is 0 Å². The van der Waals surface area contributed by atoms with Crippen LogP contribution in [0.15, 0.2) is 18.2 Å². The quantitative estimate of drug-likeness (QED) is 0.715. The molecule has 1 saturated heterocycles. The highest BCUT2D eigenvalue weighted by molar-refractivity contribution is 5.24. The molecule has 1 aliphatic heterocycles. The maximum atomic E-state index is 13.3. The third-order valence-corrected chi connectivity index (χ3v) is 2.49. The van der Waals surface area contributed by atoms with Crippen LogP contribution in [-0.2, 0) is 0 Å². The molecule has 2 atom stereocenters. The summed E-state index contributed by atoms with van der Waals surface area (Å²) >= 11 is 0. The lowest BCUT2D eigenvalue weighted by molar-refractivity contribution is 0.158. The van der Waals surface area contributed by atoms with Gasteiger partial charge < -0.3 is 10.4 Å². The molecule has 0 aliphatic carbocycles. The van der Waals surface area contributed by atoms with Crippen LogP contribution >= 0.6 is 0 Å². The van der Waals surface area contributed by atoms with E-state index < -0.39 is 23.8 Å². The Balaban J connectivity index is 2.31. The van der Waals surface area contributed by atoms with E-state index in [0.717, 1.165) is 6.07 Å². The summed E-state index contributed by atoms with van der Waals surface area (Å²) in [5.74, 6) is -1.21. The number of benzene rings is 1. The first-order valence-corrected chi connectivity index (χ1v) is 4.55. The molecule has 2 rings (SSSR count). The lowest BCUT2D eigenvalue weighted by atomic mass is 10.0. The van der Waals surface area contributed by atoms with E-state index in [1.807, 2.05) is 0 Å². The third kappa shape index (κ3) is 1.63.